The van der Waals surface area contributed by atoms with Gasteiger partial charge in [0.05, 0.1) is 24.4 Å². The van der Waals surface area contributed by atoms with Crippen LogP contribution in [0.25, 0.3) is 10.2 Å². The van der Waals surface area contributed by atoms with Crippen LogP contribution < -0.4 is 10.1 Å². The maximum absolute atomic E-state index is 11.7. The van der Waals surface area contributed by atoms with Crippen molar-refractivity contribution in [1.82, 2.24) is 4.98 Å². The van der Waals surface area contributed by atoms with E-state index in [9.17, 15) is 4.79 Å². The summed E-state index contributed by atoms with van der Waals surface area (Å²) >= 11 is 1.49. The van der Waals surface area contributed by atoms with Crippen molar-refractivity contribution in [2.45, 2.75) is 19.9 Å². The number of rotatable bonds is 5. The third-order valence-corrected chi connectivity index (χ3v) is 3.95. The number of fused-ring (bicyclic) bond motifs is 1. The molecule has 1 atom stereocenters. The van der Waals surface area contributed by atoms with Gasteiger partial charge in [0, 0.05) is 0 Å². The molecule has 1 heterocycles. The molecule has 1 aromatic carbocycles. The number of thiazole rings is 1. The number of carbonyl (C=O) groups is 1. The number of hydrogen-bond acceptors (Lipinski definition) is 6. The number of methoxy groups -OCH3 is 2. The molecule has 2 aromatic rings. The van der Waals surface area contributed by atoms with Crippen molar-refractivity contribution < 1.29 is 14.3 Å². The number of nitrogens with zero attached hydrogens (tertiary/aromatic N) is 1. The van der Waals surface area contributed by atoms with Crippen LogP contribution in [0.2, 0.25) is 0 Å². The van der Waals surface area contributed by atoms with Crippen LogP contribution >= 0.6 is 11.3 Å². The van der Waals surface area contributed by atoms with E-state index in [2.05, 4.69) is 10.3 Å². The summed E-state index contributed by atoms with van der Waals surface area (Å²) in [6.45, 7) is 3.93. The van der Waals surface area contributed by atoms with Gasteiger partial charge in [-0.15, -0.1) is 0 Å². The molecule has 0 aliphatic heterocycles. The van der Waals surface area contributed by atoms with Gasteiger partial charge in [0.15, 0.2) is 5.13 Å². The SMILES string of the molecule is COC(=O)C(Nc1nc2ccc(OC)cc2s1)C(C)C. The second kappa shape index (κ2) is 6.09. The van der Waals surface area contributed by atoms with Gasteiger partial charge in [-0.1, -0.05) is 25.2 Å². The first-order chi connectivity index (χ1) is 9.55. The lowest BCUT2D eigenvalue weighted by Crippen LogP contribution is -2.35. The highest BCUT2D eigenvalue weighted by atomic mass is 32.1. The molecule has 6 heteroatoms. The summed E-state index contributed by atoms with van der Waals surface area (Å²) in [4.78, 5) is 16.2. The van der Waals surface area contributed by atoms with Crippen LogP contribution in [0.1, 0.15) is 13.8 Å². The number of nitrogens with one attached hydrogen (secondary N) is 1. The molecule has 2 rings (SSSR count). The first kappa shape index (κ1) is 14.6. The van der Waals surface area contributed by atoms with E-state index in [1.165, 1.54) is 18.4 Å². The molecular weight excluding hydrogens is 276 g/mol. The van der Waals surface area contributed by atoms with Crippen LogP contribution in [0.5, 0.6) is 5.75 Å². The number of esters is 1. The highest BCUT2D eigenvalue weighted by Gasteiger charge is 2.23. The maximum atomic E-state index is 11.7. The fourth-order valence-electron chi connectivity index (χ4n) is 1.85. The van der Waals surface area contributed by atoms with Gasteiger partial charge in [0.25, 0.3) is 0 Å². The molecule has 0 fully saturated rings. The van der Waals surface area contributed by atoms with Gasteiger partial charge >= 0.3 is 5.97 Å². The highest BCUT2D eigenvalue weighted by molar-refractivity contribution is 7.22. The van der Waals surface area contributed by atoms with Crippen molar-refractivity contribution in [1.29, 1.82) is 0 Å². The van der Waals surface area contributed by atoms with E-state index in [-0.39, 0.29) is 11.9 Å². The predicted octanol–water partition coefficient (Wildman–Crippen LogP) is 2.91. The Morgan fingerprint density at radius 1 is 1.35 bits per heavy atom. The summed E-state index contributed by atoms with van der Waals surface area (Å²) in [5.74, 6) is 0.627. The Labute approximate surface area is 121 Å². The zero-order valence-corrected chi connectivity index (χ0v) is 12.8. The van der Waals surface area contributed by atoms with E-state index >= 15 is 0 Å². The van der Waals surface area contributed by atoms with E-state index in [4.69, 9.17) is 9.47 Å². The van der Waals surface area contributed by atoms with Crippen molar-refractivity contribution in [3.63, 3.8) is 0 Å². The van der Waals surface area contributed by atoms with Crippen LogP contribution in [0.4, 0.5) is 5.13 Å². The predicted molar refractivity (Wildman–Crippen MR) is 80.4 cm³/mol. The molecular formula is C14H18N2O3S. The Bertz CT molecular complexity index is 609. The number of benzene rings is 1. The standard InChI is InChI=1S/C14H18N2O3S/c1-8(2)12(13(17)19-4)16-14-15-10-6-5-9(18-3)7-11(10)20-14/h5-8,12H,1-4H3,(H,15,16). The molecule has 0 spiro atoms. The summed E-state index contributed by atoms with van der Waals surface area (Å²) in [5, 5.41) is 3.85. The van der Waals surface area contributed by atoms with Crippen molar-refractivity contribution in [2.75, 3.05) is 19.5 Å². The average Bonchev–Trinajstić information content (AvgIpc) is 2.84. The molecule has 1 unspecified atom stereocenters. The number of hydrogen-bond donors (Lipinski definition) is 1. The molecule has 0 amide bonds. The molecule has 1 N–H and O–H groups in total. The Hall–Kier alpha value is -1.82. The van der Waals surface area contributed by atoms with Crippen molar-refractivity contribution in [3.8, 4) is 5.75 Å². The molecule has 0 bridgehead atoms. The Balaban J connectivity index is 2.26. The largest absolute Gasteiger partial charge is 0.497 e. The first-order valence-corrected chi connectivity index (χ1v) is 7.15. The number of anilines is 1. The molecule has 0 aliphatic rings. The summed E-state index contributed by atoms with van der Waals surface area (Å²) in [6.07, 6.45) is 0. The van der Waals surface area contributed by atoms with Crippen LogP contribution in [-0.4, -0.2) is 31.2 Å². The number of ether oxygens (including phenoxy) is 2. The van der Waals surface area contributed by atoms with Crippen LogP contribution in [0.15, 0.2) is 18.2 Å². The summed E-state index contributed by atoms with van der Waals surface area (Å²) < 4.78 is 11.0. The molecule has 108 valence electrons. The first-order valence-electron chi connectivity index (χ1n) is 6.34. The molecule has 0 radical (unpaired) electrons. The zero-order valence-electron chi connectivity index (χ0n) is 12.0. The van der Waals surface area contributed by atoms with Gasteiger partial charge in [0.2, 0.25) is 0 Å². The van der Waals surface area contributed by atoms with Gasteiger partial charge in [-0.2, -0.15) is 0 Å². The number of carbonyl (C=O) groups excluding carboxylic acids is 1. The number of aromatic nitrogens is 1. The van der Waals surface area contributed by atoms with Crippen molar-refractivity contribution in [2.24, 2.45) is 5.92 Å². The Kier molecular flexibility index (Phi) is 4.44. The van der Waals surface area contributed by atoms with Crippen LogP contribution in [0, 0.1) is 5.92 Å². The van der Waals surface area contributed by atoms with Crippen molar-refractivity contribution in [3.05, 3.63) is 18.2 Å². The summed E-state index contributed by atoms with van der Waals surface area (Å²) in [5.41, 5.74) is 0.880. The third-order valence-electron chi connectivity index (χ3n) is 3.00. The molecule has 1 aromatic heterocycles. The zero-order chi connectivity index (χ0) is 14.7. The normalized spacial score (nSPS) is 12.4. The quantitative estimate of drug-likeness (QED) is 0.859. The second-order valence-corrected chi connectivity index (χ2v) is 5.77. The van der Waals surface area contributed by atoms with Crippen LogP contribution in [0.3, 0.4) is 0 Å². The molecule has 0 saturated heterocycles. The molecule has 0 aliphatic carbocycles. The fourth-order valence-corrected chi connectivity index (χ4v) is 2.78. The van der Waals surface area contributed by atoms with Gasteiger partial charge in [0.1, 0.15) is 11.8 Å². The van der Waals surface area contributed by atoms with E-state index < -0.39 is 6.04 Å². The van der Waals surface area contributed by atoms with Gasteiger partial charge < -0.3 is 14.8 Å². The van der Waals surface area contributed by atoms with Gasteiger partial charge in [-0.25, -0.2) is 9.78 Å². The second-order valence-electron chi connectivity index (χ2n) is 4.74. The van der Waals surface area contributed by atoms with Gasteiger partial charge in [-0.3, -0.25) is 0 Å². The van der Waals surface area contributed by atoms with Crippen LogP contribution in [-0.2, 0) is 9.53 Å². The Morgan fingerprint density at radius 2 is 2.10 bits per heavy atom. The lowest BCUT2D eigenvalue weighted by atomic mass is 10.1. The lowest BCUT2D eigenvalue weighted by Gasteiger charge is -2.18. The Morgan fingerprint density at radius 3 is 2.70 bits per heavy atom. The topological polar surface area (TPSA) is 60.5 Å². The fraction of sp³-hybridized carbons (Fsp3) is 0.429. The monoisotopic (exact) mass is 294 g/mol. The van der Waals surface area contributed by atoms with Gasteiger partial charge in [-0.05, 0) is 24.1 Å². The van der Waals surface area contributed by atoms with E-state index in [0.29, 0.717) is 5.13 Å². The summed E-state index contributed by atoms with van der Waals surface area (Å²) in [7, 11) is 3.02. The van der Waals surface area contributed by atoms with E-state index in [0.717, 1.165) is 16.0 Å². The van der Waals surface area contributed by atoms with Crippen molar-refractivity contribution >= 4 is 32.7 Å². The van der Waals surface area contributed by atoms with E-state index in [1.807, 2.05) is 32.0 Å². The smallest absolute Gasteiger partial charge is 0.328 e. The third kappa shape index (κ3) is 3.01. The minimum atomic E-state index is -0.401. The average molecular weight is 294 g/mol. The highest BCUT2D eigenvalue weighted by Crippen LogP contribution is 2.30. The van der Waals surface area contributed by atoms with E-state index in [1.54, 1.807) is 7.11 Å². The maximum Gasteiger partial charge on any atom is 0.328 e. The minimum absolute atomic E-state index is 0.115. The molecule has 0 saturated carbocycles. The summed E-state index contributed by atoms with van der Waals surface area (Å²) in [6, 6.07) is 5.30. The lowest BCUT2D eigenvalue weighted by molar-refractivity contribution is -0.142. The molecule has 5 nitrogen and oxygen atoms in total. The molecule has 20 heavy (non-hydrogen) atoms. The minimum Gasteiger partial charge on any atom is -0.497 e.